The molecule has 1 aliphatic heterocycles. The number of hydrogen-bond acceptors (Lipinski definition) is 2. The van der Waals surface area contributed by atoms with Crippen molar-refractivity contribution in [1.29, 1.82) is 0 Å². The highest BCUT2D eigenvalue weighted by Crippen LogP contribution is 2.42. The first-order chi connectivity index (χ1) is 7.54. The molecule has 0 saturated carbocycles. The number of benzene rings is 1. The van der Waals surface area contributed by atoms with Crippen LogP contribution in [0.1, 0.15) is 30.9 Å². The number of rotatable bonds is 3. The van der Waals surface area contributed by atoms with Crippen LogP contribution in [0.25, 0.3) is 0 Å². The summed E-state index contributed by atoms with van der Waals surface area (Å²) in [6.07, 6.45) is 1.70. The highest BCUT2D eigenvalue weighted by Gasteiger charge is 2.36. The van der Waals surface area contributed by atoms with E-state index in [-0.39, 0.29) is 0 Å². The highest BCUT2D eigenvalue weighted by atomic mass is 35.5. The van der Waals surface area contributed by atoms with Gasteiger partial charge in [-0.05, 0) is 43.5 Å². The minimum absolute atomic E-state index is 0.544. The summed E-state index contributed by atoms with van der Waals surface area (Å²) in [5, 5.41) is 0. The van der Waals surface area contributed by atoms with E-state index in [0.717, 1.165) is 24.3 Å². The Labute approximate surface area is 102 Å². The van der Waals surface area contributed by atoms with Gasteiger partial charge in [-0.2, -0.15) is 0 Å². The van der Waals surface area contributed by atoms with Crippen molar-refractivity contribution in [2.45, 2.75) is 39.4 Å². The van der Waals surface area contributed by atoms with Crippen molar-refractivity contribution in [1.82, 2.24) is 0 Å². The number of alkyl halides is 1. The molecular weight excluding hydrogens is 224 g/mol. The minimum atomic E-state index is -0.544. The molecule has 0 aliphatic carbocycles. The molecule has 0 bridgehead atoms. The van der Waals surface area contributed by atoms with Gasteiger partial charge in [-0.25, -0.2) is 0 Å². The van der Waals surface area contributed by atoms with Crippen LogP contribution in [0.3, 0.4) is 0 Å². The molecule has 0 radical (unpaired) electrons. The molecule has 2 nitrogen and oxygen atoms in total. The van der Waals surface area contributed by atoms with Gasteiger partial charge in [-0.1, -0.05) is 0 Å². The fraction of sp³-hybridized carbons (Fsp3) is 0.538. The Bertz CT molecular complexity index is 370. The van der Waals surface area contributed by atoms with Crippen LogP contribution >= 0.6 is 11.6 Å². The summed E-state index contributed by atoms with van der Waals surface area (Å²) < 4.78 is 11.7. The molecule has 3 heteroatoms. The number of ether oxygens (including phenoxy) is 2. The van der Waals surface area contributed by atoms with Crippen LogP contribution < -0.4 is 9.47 Å². The van der Waals surface area contributed by atoms with Crippen molar-refractivity contribution in [2.24, 2.45) is 0 Å². The molecular formula is C13H17ClO2. The minimum Gasteiger partial charge on any atom is -0.449 e. The smallest absolute Gasteiger partial charge is 0.248 e. The standard InChI is InChI=1S/C13H17ClO2/c1-9-7-11-12(8-10(9)2)16-13(3,15-11)5-4-6-14/h7-8H,4-6H2,1-3H3. The molecule has 0 atom stereocenters. The van der Waals surface area contributed by atoms with E-state index in [1.54, 1.807) is 0 Å². The molecule has 2 rings (SSSR count). The third kappa shape index (κ3) is 2.12. The van der Waals surface area contributed by atoms with Gasteiger partial charge in [0.15, 0.2) is 11.5 Å². The number of fused-ring (bicyclic) bond motifs is 1. The summed E-state index contributed by atoms with van der Waals surface area (Å²) >= 11 is 5.69. The van der Waals surface area contributed by atoms with Gasteiger partial charge < -0.3 is 9.47 Å². The molecule has 0 fully saturated rings. The van der Waals surface area contributed by atoms with Crippen LogP contribution in [-0.2, 0) is 0 Å². The van der Waals surface area contributed by atoms with Crippen LogP contribution in [0.15, 0.2) is 12.1 Å². The second-order valence-corrected chi connectivity index (χ2v) is 4.89. The Morgan fingerprint density at radius 3 is 2.06 bits per heavy atom. The zero-order chi connectivity index (χ0) is 11.8. The van der Waals surface area contributed by atoms with Gasteiger partial charge >= 0.3 is 0 Å². The van der Waals surface area contributed by atoms with Gasteiger partial charge in [0.05, 0.1) is 0 Å². The maximum Gasteiger partial charge on any atom is 0.248 e. The van der Waals surface area contributed by atoms with Crippen molar-refractivity contribution in [3.8, 4) is 11.5 Å². The number of hydrogen-bond donors (Lipinski definition) is 0. The van der Waals surface area contributed by atoms with Gasteiger partial charge in [0.25, 0.3) is 0 Å². The average molecular weight is 241 g/mol. The molecule has 1 aliphatic rings. The van der Waals surface area contributed by atoms with Gasteiger partial charge in [0.2, 0.25) is 5.79 Å². The zero-order valence-electron chi connectivity index (χ0n) is 9.97. The maximum absolute atomic E-state index is 5.85. The normalized spacial score (nSPS) is 16.5. The topological polar surface area (TPSA) is 18.5 Å². The highest BCUT2D eigenvalue weighted by molar-refractivity contribution is 6.17. The van der Waals surface area contributed by atoms with E-state index < -0.39 is 5.79 Å². The fourth-order valence-corrected chi connectivity index (χ4v) is 2.03. The van der Waals surface area contributed by atoms with E-state index in [9.17, 15) is 0 Å². The van der Waals surface area contributed by atoms with Gasteiger partial charge in [0.1, 0.15) is 0 Å². The van der Waals surface area contributed by atoms with Crippen LogP contribution in [-0.4, -0.2) is 11.7 Å². The van der Waals surface area contributed by atoms with E-state index in [4.69, 9.17) is 21.1 Å². The molecule has 0 spiro atoms. The first-order valence-electron chi connectivity index (χ1n) is 5.59. The molecule has 1 heterocycles. The Hall–Kier alpha value is -0.890. The lowest BCUT2D eigenvalue weighted by Gasteiger charge is -2.22. The van der Waals surface area contributed by atoms with E-state index in [1.807, 2.05) is 19.1 Å². The maximum atomic E-state index is 5.85. The predicted octanol–water partition coefficient (Wildman–Crippen LogP) is 3.81. The van der Waals surface area contributed by atoms with Crippen molar-refractivity contribution < 1.29 is 9.47 Å². The molecule has 1 aromatic carbocycles. The largest absolute Gasteiger partial charge is 0.449 e. The van der Waals surface area contributed by atoms with Crippen molar-refractivity contribution in [2.75, 3.05) is 5.88 Å². The Morgan fingerprint density at radius 2 is 1.62 bits per heavy atom. The SMILES string of the molecule is Cc1cc2c(cc1C)OC(C)(CCCCl)O2. The summed E-state index contributed by atoms with van der Waals surface area (Å²) in [4.78, 5) is 0. The lowest BCUT2D eigenvalue weighted by Crippen LogP contribution is -2.34. The molecule has 0 saturated heterocycles. The van der Waals surface area contributed by atoms with Gasteiger partial charge in [-0.3, -0.25) is 0 Å². The number of halogens is 1. The van der Waals surface area contributed by atoms with Gasteiger partial charge in [-0.15, -0.1) is 11.6 Å². The predicted molar refractivity (Wildman–Crippen MR) is 65.5 cm³/mol. The molecule has 0 unspecified atom stereocenters. The molecule has 88 valence electrons. The monoisotopic (exact) mass is 240 g/mol. The van der Waals surface area contributed by atoms with E-state index in [1.165, 1.54) is 11.1 Å². The van der Waals surface area contributed by atoms with Gasteiger partial charge in [0, 0.05) is 19.2 Å². The zero-order valence-corrected chi connectivity index (χ0v) is 10.7. The first-order valence-corrected chi connectivity index (χ1v) is 6.13. The second-order valence-electron chi connectivity index (χ2n) is 4.51. The van der Waals surface area contributed by atoms with E-state index >= 15 is 0 Å². The molecule has 0 N–H and O–H groups in total. The molecule has 16 heavy (non-hydrogen) atoms. The Kier molecular flexibility index (Phi) is 3.02. The van der Waals surface area contributed by atoms with E-state index in [0.29, 0.717) is 5.88 Å². The summed E-state index contributed by atoms with van der Waals surface area (Å²) in [6, 6.07) is 4.08. The van der Waals surface area contributed by atoms with Crippen molar-refractivity contribution >= 4 is 11.6 Å². The third-order valence-electron chi connectivity index (χ3n) is 2.98. The number of aryl methyl sites for hydroxylation is 2. The molecule has 0 aromatic heterocycles. The first kappa shape index (κ1) is 11.6. The lowest BCUT2D eigenvalue weighted by molar-refractivity contribution is -0.0682. The van der Waals surface area contributed by atoms with Crippen LogP contribution in [0.2, 0.25) is 0 Å². The molecule has 1 aromatic rings. The van der Waals surface area contributed by atoms with E-state index in [2.05, 4.69) is 13.8 Å². The quantitative estimate of drug-likeness (QED) is 0.748. The third-order valence-corrected chi connectivity index (χ3v) is 3.24. The lowest BCUT2D eigenvalue weighted by atomic mass is 10.1. The van der Waals surface area contributed by atoms with Crippen LogP contribution in [0.5, 0.6) is 11.5 Å². The summed E-state index contributed by atoms with van der Waals surface area (Å²) in [6.45, 7) is 6.12. The summed E-state index contributed by atoms with van der Waals surface area (Å²) in [7, 11) is 0. The Morgan fingerprint density at radius 1 is 1.12 bits per heavy atom. The van der Waals surface area contributed by atoms with Crippen LogP contribution in [0.4, 0.5) is 0 Å². The molecule has 0 amide bonds. The fourth-order valence-electron chi connectivity index (χ4n) is 1.90. The summed E-state index contributed by atoms with van der Waals surface area (Å²) in [5.41, 5.74) is 2.45. The second kappa shape index (κ2) is 4.17. The van der Waals surface area contributed by atoms with Crippen LogP contribution in [0, 0.1) is 13.8 Å². The summed E-state index contributed by atoms with van der Waals surface area (Å²) in [5.74, 6) is 1.79. The average Bonchev–Trinajstić information content (AvgIpc) is 2.53. The Balaban J connectivity index is 2.20. The van der Waals surface area contributed by atoms with Crippen molar-refractivity contribution in [3.05, 3.63) is 23.3 Å². The van der Waals surface area contributed by atoms with Crippen molar-refractivity contribution in [3.63, 3.8) is 0 Å².